The smallest absolute Gasteiger partial charge is 0.198 e. The second-order valence-electron chi connectivity index (χ2n) is 7.10. The van der Waals surface area contributed by atoms with E-state index in [1.807, 2.05) is 0 Å². The Morgan fingerprint density at radius 3 is 2.63 bits per heavy atom. The first kappa shape index (κ1) is 20.1. The van der Waals surface area contributed by atoms with E-state index in [2.05, 4.69) is 21.9 Å². The van der Waals surface area contributed by atoms with Gasteiger partial charge in [-0.05, 0) is 51.9 Å². The summed E-state index contributed by atoms with van der Waals surface area (Å²) in [6.45, 7) is 3.52. The molecule has 4 rings (SSSR count). The van der Waals surface area contributed by atoms with E-state index in [-0.39, 0.29) is 6.10 Å². The number of aliphatic hydroxyl groups excluding tert-OH is 1. The number of pyridine rings is 1. The van der Waals surface area contributed by atoms with Crippen LogP contribution in [0.3, 0.4) is 0 Å². The van der Waals surface area contributed by atoms with Crippen LogP contribution in [0.15, 0.2) is 22.9 Å². The molecule has 1 atom stereocenters. The summed E-state index contributed by atoms with van der Waals surface area (Å²) < 4.78 is 10.8. The Hall–Kier alpha value is -1.67. The first-order valence-corrected chi connectivity index (χ1v) is 9.72. The lowest BCUT2D eigenvalue weighted by atomic mass is 9.97. The van der Waals surface area contributed by atoms with Gasteiger partial charge in [0.15, 0.2) is 11.7 Å². The molecular weight excluding hydrogens is 368 g/mol. The summed E-state index contributed by atoms with van der Waals surface area (Å²) >= 11 is 6.13. The highest BCUT2D eigenvalue weighted by Gasteiger charge is 2.23. The van der Waals surface area contributed by atoms with Gasteiger partial charge >= 0.3 is 0 Å². The molecule has 2 aromatic rings. The van der Waals surface area contributed by atoms with Crippen molar-refractivity contribution >= 4 is 17.4 Å². The highest BCUT2D eigenvalue weighted by atomic mass is 35.5. The molecule has 1 unspecified atom stereocenters. The number of likely N-dealkylation sites (tertiary alicyclic amines) is 1. The number of hydrogen-bond acceptors (Lipinski definition) is 7. The zero-order valence-corrected chi connectivity index (χ0v) is 16.4. The summed E-state index contributed by atoms with van der Waals surface area (Å²) in [5.41, 5.74) is 6.43. The number of nitrogens with two attached hydrogens (primary N) is 1. The Kier molecular flexibility index (Phi) is 7.07. The molecule has 2 saturated heterocycles. The van der Waals surface area contributed by atoms with E-state index in [0.29, 0.717) is 29.1 Å². The van der Waals surface area contributed by atoms with Crippen LogP contribution in [0.25, 0.3) is 11.3 Å². The van der Waals surface area contributed by atoms with Gasteiger partial charge in [0.25, 0.3) is 0 Å². The second-order valence-corrected chi connectivity index (χ2v) is 7.51. The molecule has 0 spiro atoms. The van der Waals surface area contributed by atoms with Crippen LogP contribution in [0.2, 0.25) is 5.02 Å². The minimum absolute atomic E-state index is 0.186. The maximum Gasteiger partial charge on any atom is 0.198 e. The monoisotopic (exact) mass is 394 g/mol. The number of rotatable bonds is 2. The number of aliphatic hydroxyl groups is 1. The van der Waals surface area contributed by atoms with E-state index >= 15 is 0 Å². The molecule has 0 aromatic carbocycles. The van der Waals surface area contributed by atoms with E-state index in [1.165, 1.54) is 6.20 Å². The molecule has 3 N–H and O–H groups in total. The minimum atomic E-state index is -0.186. The van der Waals surface area contributed by atoms with Gasteiger partial charge in [-0.25, -0.2) is 9.97 Å². The van der Waals surface area contributed by atoms with Gasteiger partial charge in [0.1, 0.15) is 5.82 Å². The molecule has 0 bridgehead atoms. The van der Waals surface area contributed by atoms with Crippen molar-refractivity contribution in [3.8, 4) is 11.3 Å². The van der Waals surface area contributed by atoms with Crippen LogP contribution in [0.4, 0.5) is 5.82 Å². The first-order valence-electron chi connectivity index (χ1n) is 9.34. The molecule has 27 heavy (non-hydrogen) atoms. The van der Waals surface area contributed by atoms with E-state index in [4.69, 9.17) is 31.6 Å². The molecule has 2 aromatic heterocycles. The molecule has 2 aliphatic rings. The van der Waals surface area contributed by atoms with Crippen LogP contribution < -0.4 is 5.73 Å². The predicted octanol–water partition coefficient (Wildman–Crippen LogP) is 2.94. The van der Waals surface area contributed by atoms with Crippen molar-refractivity contribution < 1.29 is 14.3 Å². The van der Waals surface area contributed by atoms with Gasteiger partial charge in [-0.2, -0.15) is 0 Å². The van der Waals surface area contributed by atoms with Crippen LogP contribution in [-0.4, -0.2) is 59.4 Å². The lowest BCUT2D eigenvalue weighted by Crippen LogP contribution is -2.29. The van der Waals surface area contributed by atoms with Crippen LogP contribution in [0.5, 0.6) is 0 Å². The average molecular weight is 395 g/mol. The third-order valence-electron chi connectivity index (χ3n) is 4.87. The zero-order valence-electron chi connectivity index (χ0n) is 15.6. The van der Waals surface area contributed by atoms with Gasteiger partial charge < -0.3 is 24.9 Å². The summed E-state index contributed by atoms with van der Waals surface area (Å²) in [4.78, 5) is 10.7. The normalized spacial score (nSPS) is 21.5. The topological polar surface area (TPSA) is 97.6 Å². The van der Waals surface area contributed by atoms with Crippen molar-refractivity contribution in [3.05, 3.63) is 29.4 Å². The number of aromatic nitrogens is 2. The SMILES string of the molecule is CN1CCC(c2ncc(-c3cc(N)ncc3Cl)o2)CC1.OC1CCCOC1. The fraction of sp³-hybridized carbons (Fsp3) is 0.579. The van der Waals surface area contributed by atoms with E-state index in [1.54, 1.807) is 12.3 Å². The third-order valence-corrected chi connectivity index (χ3v) is 5.17. The van der Waals surface area contributed by atoms with Crippen LogP contribution in [0.1, 0.15) is 37.5 Å². The van der Waals surface area contributed by atoms with Crippen molar-refractivity contribution in [2.75, 3.05) is 39.1 Å². The fourth-order valence-electron chi connectivity index (χ4n) is 3.22. The minimum Gasteiger partial charge on any atom is -0.440 e. The summed E-state index contributed by atoms with van der Waals surface area (Å²) in [5.74, 6) is 2.25. The summed E-state index contributed by atoms with van der Waals surface area (Å²) in [7, 11) is 2.14. The molecule has 0 radical (unpaired) electrons. The molecule has 2 aliphatic heterocycles. The maximum atomic E-state index is 8.78. The van der Waals surface area contributed by atoms with Crippen molar-refractivity contribution in [2.45, 2.75) is 37.7 Å². The molecule has 0 amide bonds. The molecular formula is C19H27ClN4O3. The first-order chi connectivity index (χ1) is 13.0. The standard InChI is InChI=1S/C14H17ClN4O.C5H10O2/c1-19-4-2-9(3-5-19)14-18-8-12(20-14)10-6-13(16)17-7-11(10)15;6-5-2-1-3-7-4-5/h6-9H,2-5H2,1H3,(H2,16,17);5-6H,1-4H2. The van der Waals surface area contributed by atoms with E-state index in [9.17, 15) is 0 Å². The lowest BCUT2D eigenvalue weighted by Gasteiger charge is -2.26. The van der Waals surface area contributed by atoms with Gasteiger partial charge in [0.05, 0.1) is 23.9 Å². The number of anilines is 1. The zero-order chi connectivity index (χ0) is 19.2. The van der Waals surface area contributed by atoms with Gasteiger partial charge in [-0.1, -0.05) is 11.6 Å². The quantitative estimate of drug-likeness (QED) is 0.807. The van der Waals surface area contributed by atoms with Crippen LogP contribution in [-0.2, 0) is 4.74 Å². The molecule has 2 fully saturated rings. The Bertz CT molecular complexity index is 725. The lowest BCUT2D eigenvalue weighted by molar-refractivity contribution is -0.00535. The van der Waals surface area contributed by atoms with Gasteiger partial charge in [-0.15, -0.1) is 0 Å². The molecule has 148 valence electrons. The molecule has 0 saturated carbocycles. The Balaban J connectivity index is 0.000000253. The van der Waals surface area contributed by atoms with Crippen molar-refractivity contribution in [1.82, 2.24) is 14.9 Å². The molecule has 8 heteroatoms. The Morgan fingerprint density at radius 1 is 1.22 bits per heavy atom. The third kappa shape index (κ3) is 5.65. The average Bonchev–Trinajstić information content (AvgIpc) is 3.15. The molecule has 7 nitrogen and oxygen atoms in total. The number of hydrogen-bond donors (Lipinski definition) is 2. The number of piperidine rings is 1. The highest BCUT2D eigenvalue weighted by molar-refractivity contribution is 6.33. The predicted molar refractivity (Wildman–Crippen MR) is 105 cm³/mol. The number of nitrogens with zero attached hydrogens (tertiary/aromatic N) is 3. The second kappa shape index (κ2) is 9.50. The Labute approximate surface area is 164 Å². The van der Waals surface area contributed by atoms with Crippen molar-refractivity contribution in [1.29, 1.82) is 0 Å². The van der Waals surface area contributed by atoms with Crippen molar-refractivity contribution in [2.24, 2.45) is 0 Å². The number of oxazole rings is 1. The van der Waals surface area contributed by atoms with Crippen LogP contribution in [0, 0.1) is 0 Å². The van der Waals surface area contributed by atoms with Crippen molar-refractivity contribution in [3.63, 3.8) is 0 Å². The van der Waals surface area contributed by atoms with Gasteiger partial charge in [0.2, 0.25) is 0 Å². The molecule has 4 heterocycles. The highest BCUT2D eigenvalue weighted by Crippen LogP contribution is 2.33. The summed E-state index contributed by atoms with van der Waals surface area (Å²) in [5, 5.41) is 9.30. The number of ether oxygens (including phenoxy) is 1. The molecule has 0 aliphatic carbocycles. The van der Waals surface area contributed by atoms with Gasteiger partial charge in [0, 0.05) is 24.3 Å². The Morgan fingerprint density at radius 2 is 2.00 bits per heavy atom. The largest absolute Gasteiger partial charge is 0.440 e. The van der Waals surface area contributed by atoms with Crippen LogP contribution >= 0.6 is 11.6 Å². The summed E-state index contributed by atoms with van der Waals surface area (Å²) in [6, 6.07) is 1.71. The van der Waals surface area contributed by atoms with Gasteiger partial charge in [-0.3, -0.25) is 0 Å². The van der Waals surface area contributed by atoms with E-state index in [0.717, 1.165) is 56.8 Å². The maximum absolute atomic E-state index is 8.78. The van der Waals surface area contributed by atoms with E-state index < -0.39 is 0 Å². The summed E-state index contributed by atoms with van der Waals surface area (Å²) in [6.07, 6.45) is 7.14. The fourth-order valence-corrected chi connectivity index (χ4v) is 3.42. The number of halogens is 1. The number of nitrogen functional groups attached to an aromatic ring is 1.